The largest absolute Gasteiger partial charge is 0.348 e. The number of halogens is 1. The van der Waals surface area contributed by atoms with Crippen LogP contribution in [0.4, 0.5) is 5.69 Å². The molecule has 1 N–H and O–H groups in total. The van der Waals surface area contributed by atoms with E-state index in [1.807, 2.05) is 49.4 Å². The molecule has 152 valence electrons. The van der Waals surface area contributed by atoms with Crippen molar-refractivity contribution in [2.75, 3.05) is 5.32 Å². The zero-order valence-electron chi connectivity index (χ0n) is 16.2. The molecule has 0 spiro atoms. The zero-order valence-corrected chi connectivity index (χ0v) is 18.6. The van der Waals surface area contributed by atoms with Gasteiger partial charge in [-0.15, -0.1) is 11.8 Å². The zero-order chi connectivity index (χ0) is 21.6. The Balaban J connectivity index is 2.04. The Hall–Kier alpha value is -2.72. The highest BCUT2D eigenvalue weighted by Crippen LogP contribution is 2.32. The van der Waals surface area contributed by atoms with Crippen LogP contribution in [0.5, 0.6) is 0 Å². The third kappa shape index (κ3) is 5.25. The Morgan fingerprint density at radius 2 is 1.63 bits per heavy atom. The van der Waals surface area contributed by atoms with Crippen LogP contribution in [0.1, 0.15) is 11.1 Å². The summed E-state index contributed by atoms with van der Waals surface area (Å²) in [5.41, 5.74) is 2.64. The van der Waals surface area contributed by atoms with Crippen LogP contribution in [-0.2, 0) is 15.6 Å². The summed E-state index contributed by atoms with van der Waals surface area (Å²) in [6.45, 7) is 1.92. The van der Waals surface area contributed by atoms with E-state index in [0.717, 1.165) is 16.8 Å². The molecule has 3 aromatic carbocycles. The Kier molecular flexibility index (Phi) is 7.22. The second kappa shape index (κ2) is 9.86. The fourth-order valence-corrected chi connectivity index (χ4v) is 5.34. The van der Waals surface area contributed by atoms with Crippen LogP contribution in [-0.4, -0.2) is 8.42 Å². The normalized spacial score (nSPS) is 12.0. The predicted octanol–water partition coefficient (Wildman–Crippen LogP) is 6.16. The fourth-order valence-electron chi connectivity index (χ4n) is 2.68. The van der Waals surface area contributed by atoms with E-state index < -0.39 is 9.84 Å². The number of sulfone groups is 1. The molecule has 4 nitrogen and oxygen atoms in total. The molecule has 3 aromatic rings. The third-order valence-corrected chi connectivity index (χ3v) is 7.50. The van der Waals surface area contributed by atoms with E-state index in [1.54, 1.807) is 30.3 Å². The lowest BCUT2D eigenvalue weighted by atomic mass is 10.2. The van der Waals surface area contributed by atoms with Crippen molar-refractivity contribution < 1.29 is 8.42 Å². The molecular formula is C23H19ClN2O2S2. The molecule has 0 atom stereocenters. The van der Waals surface area contributed by atoms with Gasteiger partial charge in [0.1, 0.15) is 11.1 Å². The number of para-hydroxylation sites is 1. The Morgan fingerprint density at radius 1 is 1.00 bits per heavy atom. The summed E-state index contributed by atoms with van der Waals surface area (Å²) < 4.78 is 26.4. The molecule has 0 aromatic heterocycles. The number of aryl methyl sites for hydroxylation is 1. The molecule has 0 heterocycles. The van der Waals surface area contributed by atoms with Crippen LogP contribution in [0.2, 0.25) is 5.02 Å². The van der Waals surface area contributed by atoms with E-state index in [2.05, 4.69) is 5.32 Å². The number of hydrogen-bond acceptors (Lipinski definition) is 5. The van der Waals surface area contributed by atoms with Gasteiger partial charge >= 0.3 is 0 Å². The second-order valence-electron chi connectivity index (χ2n) is 6.44. The minimum atomic E-state index is -3.98. The maximum atomic E-state index is 13.2. The predicted molar refractivity (Wildman–Crippen MR) is 124 cm³/mol. The number of rotatable bonds is 7. The SMILES string of the molecule is Cc1ccccc1N/C(SCc1ccc(Cl)cc1)=C(/C#N)S(=O)(=O)c1ccccc1. The van der Waals surface area contributed by atoms with Crippen LogP contribution in [0.25, 0.3) is 0 Å². The number of nitrogens with zero attached hydrogens (tertiary/aromatic N) is 1. The minimum absolute atomic E-state index is 0.0812. The van der Waals surface area contributed by atoms with Gasteiger partial charge in [-0.05, 0) is 48.4 Å². The first-order valence-corrected chi connectivity index (χ1v) is 11.9. The molecule has 0 aliphatic carbocycles. The van der Waals surface area contributed by atoms with Crippen molar-refractivity contribution >= 4 is 38.9 Å². The molecule has 0 amide bonds. The average Bonchev–Trinajstić information content (AvgIpc) is 2.75. The lowest BCUT2D eigenvalue weighted by molar-refractivity contribution is 0.603. The maximum absolute atomic E-state index is 13.2. The highest BCUT2D eigenvalue weighted by atomic mass is 35.5. The number of hydrogen-bond donors (Lipinski definition) is 1. The standard InChI is InChI=1S/C23H19ClN2O2S2/c1-17-7-5-6-10-21(17)26-23(29-16-18-11-13-19(24)14-12-18)22(15-25)30(27,28)20-8-3-2-4-9-20/h2-14,26H,16H2,1H3/b23-22+. The van der Waals surface area contributed by atoms with Gasteiger partial charge in [-0.1, -0.05) is 60.1 Å². The maximum Gasteiger partial charge on any atom is 0.219 e. The smallest absolute Gasteiger partial charge is 0.219 e. The molecule has 7 heteroatoms. The first-order chi connectivity index (χ1) is 14.4. The average molecular weight is 455 g/mol. The fraction of sp³-hybridized carbons (Fsp3) is 0.0870. The lowest BCUT2D eigenvalue weighted by Gasteiger charge is -2.15. The summed E-state index contributed by atoms with van der Waals surface area (Å²) in [5, 5.41) is 13.9. The monoisotopic (exact) mass is 454 g/mol. The van der Waals surface area contributed by atoms with Crippen molar-refractivity contribution in [2.24, 2.45) is 0 Å². The number of thioether (sulfide) groups is 1. The summed E-state index contributed by atoms with van der Waals surface area (Å²) in [5.74, 6) is 0.473. The number of nitrogens with one attached hydrogen (secondary N) is 1. The molecule has 0 radical (unpaired) electrons. The van der Waals surface area contributed by atoms with E-state index in [4.69, 9.17) is 11.6 Å². The van der Waals surface area contributed by atoms with E-state index in [-0.39, 0.29) is 14.8 Å². The molecule has 30 heavy (non-hydrogen) atoms. The third-order valence-electron chi connectivity index (χ3n) is 4.32. The van der Waals surface area contributed by atoms with Crippen molar-refractivity contribution in [3.63, 3.8) is 0 Å². The van der Waals surface area contributed by atoms with E-state index in [9.17, 15) is 13.7 Å². The van der Waals surface area contributed by atoms with Crippen molar-refractivity contribution in [1.29, 1.82) is 5.26 Å². The van der Waals surface area contributed by atoms with Gasteiger partial charge in [-0.2, -0.15) is 5.26 Å². The van der Waals surface area contributed by atoms with Crippen molar-refractivity contribution in [3.05, 3.63) is 105 Å². The van der Waals surface area contributed by atoms with E-state index >= 15 is 0 Å². The highest BCUT2D eigenvalue weighted by Gasteiger charge is 2.25. The van der Waals surface area contributed by atoms with Crippen molar-refractivity contribution in [3.8, 4) is 6.07 Å². The molecule has 0 aliphatic rings. The topological polar surface area (TPSA) is 70.0 Å². The van der Waals surface area contributed by atoms with Crippen LogP contribution >= 0.6 is 23.4 Å². The summed E-state index contributed by atoms with van der Waals surface area (Å²) in [6, 6.07) is 24.7. The second-order valence-corrected chi connectivity index (χ2v) is 9.75. The molecule has 0 aliphatic heterocycles. The number of benzene rings is 3. The Morgan fingerprint density at radius 3 is 2.27 bits per heavy atom. The van der Waals surface area contributed by atoms with Crippen LogP contribution in [0.3, 0.4) is 0 Å². The molecule has 0 saturated heterocycles. The highest BCUT2D eigenvalue weighted by molar-refractivity contribution is 8.04. The molecular weight excluding hydrogens is 436 g/mol. The van der Waals surface area contributed by atoms with E-state index in [1.165, 1.54) is 23.9 Å². The summed E-state index contributed by atoms with van der Waals surface area (Å²) in [6.07, 6.45) is 0. The van der Waals surface area contributed by atoms with Gasteiger partial charge < -0.3 is 5.32 Å². The van der Waals surface area contributed by atoms with Gasteiger partial charge in [-0.3, -0.25) is 0 Å². The molecule has 0 bridgehead atoms. The lowest BCUT2D eigenvalue weighted by Crippen LogP contribution is -2.10. The first kappa shape index (κ1) is 22.0. The molecule has 0 fully saturated rings. The van der Waals surface area contributed by atoms with Crippen molar-refractivity contribution in [2.45, 2.75) is 17.6 Å². The number of anilines is 1. The van der Waals surface area contributed by atoms with E-state index in [0.29, 0.717) is 10.8 Å². The van der Waals surface area contributed by atoms with Crippen LogP contribution < -0.4 is 5.32 Å². The summed E-state index contributed by atoms with van der Waals surface area (Å²) >= 11 is 7.21. The van der Waals surface area contributed by atoms with Gasteiger partial charge in [0.15, 0.2) is 4.91 Å². The summed E-state index contributed by atoms with van der Waals surface area (Å²) in [7, 11) is -3.98. The van der Waals surface area contributed by atoms with Crippen LogP contribution in [0, 0.1) is 18.3 Å². The first-order valence-electron chi connectivity index (χ1n) is 9.06. The van der Waals surface area contributed by atoms with Gasteiger partial charge in [0, 0.05) is 16.5 Å². The van der Waals surface area contributed by atoms with Gasteiger partial charge in [0.05, 0.1) is 4.90 Å². The Labute approximate surface area is 186 Å². The molecule has 3 rings (SSSR count). The number of allylic oxidation sites excluding steroid dienone is 1. The van der Waals surface area contributed by atoms with Gasteiger partial charge in [-0.25, -0.2) is 8.42 Å². The van der Waals surface area contributed by atoms with Crippen molar-refractivity contribution in [1.82, 2.24) is 0 Å². The Bertz CT molecular complexity index is 1200. The van der Waals surface area contributed by atoms with Gasteiger partial charge in [0.2, 0.25) is 9.84 Å². The molecule has 0 saturated carbocycles. The quantitative estimate of drug-likeness (QED) is 0.433. The summed E-state index contributed by atoms with van der Waals surface area (Å²) in [4.78, 5) is -0.228. The van der Waals surface area contributed by atoms with Crippen LogP contribution in [0.15, 0.2) is 93.7 Å². The number of nitriles is 1. The molecule has 0 unspecified atom stereocenters. The minimum Gasteiger partial charge on any atom is -0.348 e. The van der Waals surface area contributed by atoms with Gasteiger partial charge in [0.25, 0.3) is 0 Å².